The molecular formula is C20H25Cl2FN2O2. The van der Waals surface area contributed by atoms with E-state index in [1.165, 1.54) is 6.07 Å². The zero-order valence-electron chi connectivity index (χ0n) is 15.3. The lowest BCUT2D eigenvalue weighted by molar-refractivity contribution is 0.0962. The first kappa shape index (κ1) is 23.2. The number of para-hydroxylation sites is 1. The standard InChI is InChI=1S/C20H23FN2O2.2ClH/c1-25-17-8-6-16(7-9-17)20(24)10-11-22-12-14-23(15-13-22)19-5-3-2-4-18(19)21;;/h2-9H,10-15H2,1H3;2*1H. The van der Waals surface area contributed by atoms with E-state index in [1.807, 2.05) is 12.1 Å². The second kappa shape index (κ2) is 11.1. The van der Waals surface area contributed by atoms with Crippen molar-refractivity contribution >= 4 is 36.3 Å². The van der Waals surface area contributed by atoms with Crippen LogP contribution in [0.3, 0.4) is 0 Å². The normalized spacial score (nSPS) is 14.1. The van der Waals surface area contributed by atoms with Crippen molar-refractivity contribution in [1.82, 2.24) is 4.90 Å². The van der Waals surface area contributed by atoms with Gasteiger partial charge in [-0.3, -0.25) is 9.69 Å². The quantitative estimate of drug-likeness (QED) is 0.666. The lowest BCUT2D eigenvalue weighted by Crippen LogP contribution is -2.47. The predicted molar refractivity (Wildman–Crippen MR) is 111 cm³/mol. The lowest BCUT2D eigenvalue weighted by Gasteiger charge is -2.36. The fourth-order valence-corrected chi connectivity index (χ4v) is 3.10. The number of carbonyl (C=O) groups is 1. The van der Waals surface area contributed by atoms with E-state index >= 15 is 0 Å². The molecule has 0 atom stereocenters. The topological polar surface area (TPSA) is 32.8 Å². The summed E-state index contributed by atoms with van der Waals surface area (Å²) in [6.07, 6.45) is 0.492. The summed E-state index contributed by atoms with van der Waals surface area (Å²) in [5, 5.41) is 0. The van der Waals surface area contributed by atoms with Gasteiger partial charge in [0.1, 0.15) is 11.6 Å². The molecule has 7 heteroatoms. The number of nitrogens with zero attached hydrogens (tertiary/aromatic N) is 2. The number of benzene rings is 2. The van der Waals surface area contributed by atoms with Crippen LogP contribution in [-0.4, -0.2) is 50.5 Å². The van der Waals surface area contributed by atoms with Crippen LogP contribution in [0.15, 0.2) is 48.5 Å². The number of ketones is 1. The molecule has 0 N–H and O–H groups in total. The average molecular weight is 415 g/mol. The Hall–Kier alpha value is -1.82. The molecule has 1 aliphatic rings. The fourth-order valence-electron chi connectivity index (χ4n) is 3.10. The fraction of sp³-hybridized carbons (Fsp3) is 0.350. The number of rotatable bonds is 6. The van der Waals surface area contributed by atoms with Crippen molar-refractivity contribution in [1.29, 1.82) is 0 Å². The van der Waals surface area contributed by atoms with Gasteiger partial charge in [-0.25, -0.2) is 4.39 Å². The number of methoxy groups -OCH3 is 1. The summed E-state index contributed by atoms with van der Waals surface area (Å²) in [5.74, 6) is 0.714. The van der Waals surface area contributed by atoms with E-state index in [-0.39, 0.29) is 36.4 Å². The molecule has 0 aliphatic carbocycles. The van der Waals surface area contributed by atoms with E-state index in [2.05, 4.69) is 9.80 Å². The Balaban J connectivity index is 0.00000182. The van der Waals surface area contributed by atoms with Gasteiger partial charge in [-0.05, 0) is 36.4 Å². The maximum Gasteiger partial charge on any atom is 0.164 e. The lowest BCUT2D eigenvalue weighted by atomic mass is 10.1. The number of piperazine rings is 1. The minimum absolute atomic E-state index is 0. The van der Waals surface area contributed by atoms with Gasteiger partial charge in [0.15, 0.2) is 5.78 Å². The number of halogens is 3. The zero-order chi connectivity index (χ0) is 17.6. The molecule has 0 saturated carbocycles. The summed E-state index contributed by atoms with van der Waals surface area (Å²) < 4.78 is 19.0. The summed E-state index contributed by atoms with van der Waals surface area (Å²) in [4.78, 5) is 16.6. The maximum atomic E-state index is 13.9. The van der Waals surface area contributed by atoms with Crippen LogP contribution in [0.4, 0.5) is 10.1 Å². The first-order chi connectivity index (χ1) is 12.2. The Kier molecular flexibility index (Phi) is 9.56. The highest BCUT2D eigenvalue weighted by molar-refractivity contribution is 5.96. The van der Waals surface area contributed by atoms with E-state index < -0.39 is 0 Å². The van der Waals surface area contributed by atoms with E-state index in [4.69, 9.17) is 4.74 Å². The molecule has 1 fully saturated rings. The molecule has 2 aromatic carbocycles. The van der Waals surface area contributed by atoms with E-state index in [1.54, 1.807) is 37.4 Å². The molecule has 0 spiro atoms. The largest absolute Gasteiger partial charge is 0.497 e. The number of hydrogen-bond acceptors (Lipinski definition) is 4. The Morgan fingerprint density at radius 3 is 2.22 bits per heavy atom. The third-order valence-electron chi connectivity index (χ3n) is 4.63. The molecule has 4 nitrogen and oxygen atoms in total. The molecule has 0 amide bonds. The highest BCUT2D eigenvalue weighted by Crippen LogP contribution is 2.20. The van der Waals surface area contributed by atoms with Crippen LogP contribution >= 0.6 is 24.8 Å². The summed E-state index contributed by atoms with van der Waals surface area (Å²) in [6, 6.07) is 14.1. The van der Waals surface area contributed by atoms with Gasteiger partial charge < -0.3 is 9.64 Å². The first-order valence-corrected chi connectivity index (χ1v) is 8.56. The summed E-state index contributed by atoms with van der Waals surface area (Å²) in [6.45, 7) is 3.96. The average Bonchev–Trinajstić information content (AvgIpc) is 2.67. The van der Waals surface area contributed by atoms with E-state index in [0.29, 0.717) is 17.7 Å². The molecule has 1 saturated heterocycles. The Morgan fingerprint density at radius 1 is 1.00 bits per heavy atom. The summed E-state index contributed by atoms with van der Waals surface area (Å²) >= 11 is 0. The van der Waals surface area contributed by atoms with Crippen LogP contribution in [0.2, 0.25) is 0 Å². The van der Waals surface area contributed by atoms with Gasteiger partial charge in [-0.2, -0.15) is 0 Å². The molecule has 27 heavy (non-hydrogen) atoms. The molecule has 2 aromatic rings. The third kappa shape index (κ3) is 6.09. The second-order valence-corrected chi connectivity index (χ2v) is 6.18. The van der Waals surface area contributed by atoms with Crippen molar-refractivity contribution in [2.45, 2.75) is 6.42 Å². The molecule has 0 aromatic heterocycles. The predicted octanol–water partition coefficient (Wildman–Crippen LogP) is 4.07. The van der Waals surface area contributed by atoms with Gasteiger partial charge in [0.25, 0.3) is 0 Å². The highest BCUT2D eigenvalue weighted by Gasteiger charge is 2.19. The van der Waals surface area contributed by atoms with Gasteiger partial charge in [-0.1, -0.05) is 12.1 Å². The van der Waals surface area contributed by atoms with Crippen molar-refractivity contribution in [3.05, 3.63) is 59.9 Å². The Morgan fingerprint density at radius 2 is 1.63 bits per heavy atom. The number of ether oxygens (including phenoxy) is 1. The number of anilines is 1. The summed E-state index contributed by atoms with van der Waals surface area (Å²) in [7, 11) is 1.61. The third-order valence-corrected chi connectivity index (χ3v) is 4.63. The molecular weight excluding hydrogens is 390 g/mol. The smallest absolute Gasteiger partial charge is 0.164 e. The van der Waals surface area contributed by atoms with Gasteiger partial charge in [0.2, 0.25) is 0 Å². The van der Waals surface area contributed by atoms with Crippen molar-refractivity contribution < 1.29 is 13.9 Å². The van der Waals surface area contributed by atoms with E-state index in [0.717, 1.165) is 38.5 Å². The van der Waals surface area contributed by atoms with Crippen molar-refractivity contribution in [2.75, 3.05) is 44.7 Å². The molecule has 1 heterocycles. The minimum Gasteiger partial charge on any atom is -0.497 e. The molecule has 0 bridgehead atoms. The zero-order valence-corrected chi connectivity index (χ0v) is 16.9. The SMILES string of the molecule is COc1ccc(C(=O)CCN2CCN(c3ccccc3F)CC2)cc1.Cl.Cl. The van der Waals surface area contributed by atoms with Crippen LogP contribution in [0, 0.1) is 5.82 Å². The van der Waals surface area contributed by atoms with Crippen LogP contribution < -0.4 is 9.64 Å². The first-order valence-electron chi connectivity index (χ1n) is 8.56. The van der Waals surface area contributed by atoms with Gasteiger partial charge in [-0.15, -0.1) is 24.8 Å². The van der Waals surface area contributed by atoms with Gasteiger partial charge >= 0.3 is 0 Å². The van der Waals surface area contributed by atoms with Gasteiger partial charge in [0.05, 0.1) is 12.8 Å². The number of hydrogen-bond donors (Lipinski definition) is 0. The van der Waals surface area contributed by atoms with Crippen molar-refractivity contribution in [3.63, 3.8) is 0 Å². The maximum absolute atomic E-state index is 13.9. The van der Waals surface area contributed by atoms with Gasteiger partial charge in [0, 0.05) is 44.7 Å². The number of carbonyl (C=O) groups excluding carboxylic acids is 1. The molecule has 0 radical (unpaired) electrons. The summed E-state index contributed by atoms with van der Waals surface area (Å²) in [5.41, 5.74) is 1.38. The minimum atomic E-state index is -0.175. The second-order valence-electron chi connectivity index (χ2n) is 6.18. The molecule has 3 rings (SSSR count). The van der Waals surface area contributed by atoms with Crippen LogP contribution in [-0.2, 0) is 0 Å². The monoisotopic (exact) mass is 414 g/mol. The van der Waals surface area contributed by atoms with Crippen LogP contribution in [0.25, 0.3) is 0 Å². The Labute approximate surface area is 172 Å². The molecule has 1 aliphatic heterocycles. The number of Topliss-reactive ketones (excluding diaryl/α,β-unsaturated/α-hetero) is 1. The Bertz CT molecular complexity index is 720. The molecule has 148 valence electrons. The molecule has 0 unspecified atom stereocenters. The van der Waals surface area contributed by atoms with Crippen molar-refractivity contribution in [3.8, 4) is 5.75 Å². The van der Waals surface area contributed by atoms with Crippen molar-refractivity contribution in [2.24, 2.45) is 0 Å². The highest BCUT2D eigenvalue weighted by atomic mass is 35.5. The van der Waals surface area contributed by atoms with E-state index in [9.17, 15) is 9.18 Å². The van der Waals surface area contributed by atoms with Crippen LogP contribution in [0.5, 0.6) is 5.75 Å². The van der Waals surface area contributed by atoms with Crippen LogP contribution in [0.1, 0.15) is 16.8 Å².